The summed E-state index contributed by atoms with van der Waals surface area (Å²) in [7, 11) is 0. The number of fused-ring (bicyclic) bond motifs is 3. The van der Waals surface area contributed by atoms with Crippen molar-refractivity contribution in [1.29, 1.82) is 0 Å². The largest absolute Gasteiger partial charge is 0.393 e. The summed E-state index contributed by atoms with van der Waals surface area (Å²) in [6.45, 7) is 12.8. The minimum atomic E-state index is -0.286. The molecule has 0 bridgehead atoms. The molecular weight excluding hydrogens is 272 g/mol. The van der Waals surface area contributed by atoms with E-state index in [1.54, 1.807) is 0 Å². The van der Waals surface area contributed by atoms with Gasteiger partial charge in [-0.1, -0.05) is 39.8 Å². The van der Waals surface area contributed by atoms with Crippen molar-refractivity contribution in [2.24, 2.45) is 28.1 Å². The molecule has 122 valence electrons. The summed E-state index contributed by atoms with van der Waals surface area (Å²) in [6, 6.07) is 0. The van der Waals surface area contributed by atoms with Gasteiger partial charge in [0, 0.05) is 11.8 Å². The van der Waals surface area contributed by atoms with Crippen molar-refractivity contribution >= 4 is 5.78 Å². The number of rotatable bonds is 1. The normalized spacial score (nSPS) is 47.2. The van der Waals surface area contributed by atoms with E-state index in [0.717, 1.165) is 31.3 Å². The van der Waals surface area contributed by atoms with Gasteiger partial charge in [-0.05, 0) is 53.9 Å². The molecule has 0 aromatic heterocycles. The molecule has 0 amide bonds. The number of hydrogen-bond acceptors (Lipinski definition) is 2. The average molecular weight is 302 g/mol. The van der Waals surface area contributed by atoms with E-state index >= 15 is 0 Å². The Morgan fingerprint density at radius 3 is 2.55 bits per heavy atom. The van der Waals surface area contributed by atoms with Gasteiger partial charge in [0.25, 0.3) is 0 Å². The lowest BCUT2D eigenvalue weighted by Crippen LogP contribution is -2.57. The predicted molar refractivity (Wildman–Crippen MR) is 89.4 cm³/mol. The number of aliphatic hydroxyl groups excluding tert-OH is 1. The highest BCUT2D eigenvalue weighted by molar-refractivity contribution is 5.97. The monoisotopic (exact) mass is 302 g/mol. The Hall–Kier alpha value is -0.890. The topological polar surface area (TPSA) is 37.3 Å². The van der Waals surface area contributed by atoms with Crippen molar-refractivity contribution < 1.29 is 9.90 Å². The molecule has 0 aromatic carbocycles. The van der Waals surface area contributed by atoms with Gasteiger partial charge in [-0.25, -0.2) is 0 Å². The van der Waals surface area contributed by atoms with E-state index < -0.39 is 0 Å². The smallest absolute Gasteiger partial charge is 0.159 e. The van der Waals surface area contributed by atoms with Gasteiger partial charge in [-0.3, -0.25) is 4.79 Å². The molecule has 0 aromatic rings. The lowest BCUT2D eigenvalue weighted by molar-refractivity contribution is -0.147. The number of hydrogen-bond donors (Lipinski definition) is 1. The summed E-state index contributed by atoms with van der Waals surface area (Å²) in [5, 5.41) is 10.5. The Bertz CT molecular complexity index is 544. The van der Waals surface area contributed by atoms with Crippen LogP contribution in [-0.4, -0.2) is 17.0 Å². The molecule has 3 aliphatic rings. The minimum absolute atomic E-state index is 0.0333. The number of Topliss-reactive ketones (excluding diaryl/α,β-unsaturated/α-hetero) is 1. The molecule has 0 saturated heterocycles. The molecule has 2 heteroatoms. The summed E-state index contributed by atoms with van der Waals surface area (Å²) < 4.78 is 0. The molecule has 0 unspecified atom stereocenters. The summed E-state index contributed by atoms with van der Waals surface area (Å²) in [4.78, 5) is 12.8. The van der Waals surface area contributed by atoms with Gasteiger partial charge in [0.1, 0.15) is 0 Å². The van der Waals surface area contributed by atoms with E-state index in [1.807, 2.05) is 6.08 Å². The van der Waals surface area contributed by atoms with Crippen molar-refractivity contribution in [3.05, 3.63) is 24.3 Å². The Morgan fingerprint density at radius 1 is 1.23 bits per heavy atom. The molecule has 2 saturated carbocycles. The molecule has 1 N–H and O–H groups in total. The summed E-state index contributed by atoms with van der Waals surface area (Å²) in [5.41, 5.74) is 0.992. The fraction of sp³-hybridized carbons (Fsp3) is 0.750. The standard InChI is InChI=1S/C20H30O2/c1-6-19(4)9-7-14-13(12-19)15(21)11-16-18(2,3)17(22)8-10-20(14,16)5/h6,12,14,16-17,22H,1,7-11H2,2-5H3/t14-,16-,17-,19+,20+/m1/s1. The van der Waals surface area contributed by atoms with Crippen LogP contribution in [0.25, 0.3) is 0 Å². The first kappa shape index (κ1) is 16.0. The lowest BCUT2D eigenvalue weighted by Gasteiger charge is -2.60. The van der Waals surface area contributed by atoms with Crippen LogP contribution < -0.4 is 0 Å². The van der Waals surface area contributed by atoms with Gasteiger partial charge >= 0.3 is 0 Å². The molecule has 22 heavy (non-hydrogen) atoms. The predicted octanol–water partition coefficient (Wildman–Crippen LogP) is 4.29. The summed E-state index contributed by atoms with van der Waals surface area (Å²) in [5.74, 6) is 0.951. The molecule has 3 rings (SSSR count). The maximum atomic E-state index is 12.8. The van der Waals surface area contributed by atoms with Gasteiger partial charge in [-0.15, -0.1) is 6.58 Å². The summed E-state index contributed by atoms with van der Waals surface area (Å²) in [6.07, 6.45) is 8.53. The third-order valence-electron chi connectivity index (χ3n) is 7.32. The van der Waals surface area contributed by atoms with Crippen molar-refractivity contribution in [2.75, 3.05) is 0 Å². The molecule has 0 spiro atoms. The second-order valence-corrected chi connectivity index (χ2v) is 8.96. The zero-order chi connectivity index (χ0) is 16.3. The molecule has 0 aliphatic heterocycles. The van der Waals surface area contributed by atoms with E-state index in [-0.39, 0.29) is 28.3 Å². The van der Waals surface area contributed by atoms with Gasteiger partial charge < -0.3 is 5.11 Å². The molecule has 0 heterocycles. The Kier molecular flexibility index (Phi) is 3.49. The van der Waals surface area contributed by atoms with E-state index in [0.29, 0.717) is 18.1 Å². The lowest BCUT2D eigenvalue weighted by atomic mass is 9.45. The van der Waals surface area contributed by atoms with Crippen LogP contribution >= 0.6 is 0 Å². The maximum Gasteiger partial charge on any atom is 0.159 e. The van der Waals surface area contributed by atoms with Gasteiger partial charge in [0.15, 0.2) is 5.78 Å². The Morgan fingerprint density at radius 2 is 1.91 bits per heavy atom. The van der Waals surface area contributed by atoms with E-state index in [1.165, 1.54) is 0 Å². The van der Waals surface area contributed by atoms with Crippen LogP contribution in [0.15, 0.2) is 24.3 Å². The van der Waals surface area contributed by atoms with Crippen molar-refractivity contribution in [1.82, 2.24) is 0 Å². The molecule has 2 fully saturated rings. The number of ketones is 1. The van der Waals surface area contributed by atoms with Crippen LogP contribution in [-0.2, 0) is 4.79 Å². The van der Waals surface area contributed by atoms with Crippen LogP contribution in [0.4, 0.5) is 0 Å². The fourth-order valence-corrected chi connectivity index (χ4v) is 5.55. The number of carbonyl (C=O) groups is 1. The molecular formula is C20H30O2. The maximum absolute atomic E-state index is 12.8. The first-order valence-electron chi connectivity index (χ1n) is 8.72. The third-order valence-corrected chi connectivity index (χ3v) is 7.32. The second-order valence-electron chi connectivity index (χ2n) is 8.96. The second kappa shape index (κ2) is 4.80. The third kappa shape index (κ3) is 2.06. The van der Waals surface area contributed by atoms with E-state index in [9.17, 15) is 9.90 Å². The molecule has 5 atom stereocenters. The zero-order valence-electron chi connectivity index (χ0n) is 14.5. The zero-order valence-corrected chi connectivity index (χ0v) is 14.5. The van der Waals surface area contributed by atoms with Crippen molar-refractivity contribution in [2.45, 2.75) is 65.9 Å². The summed E-state index contributed by atoms with van der Waals surface area (Å²) >= 11 is 0. The fourth-order valence-electron chi connectivity index (χ4n) is 5.55. The Labute approximate surface area is 134 Å². The highest BCUT2D eigenvalue weighted by atomic mass is 16.3. The highest BCUT2D eigenvalue weighted by Crippen LogP contribution is 2.62. The number of allylic oxidation sites excluding steroid dienone is 3. The van der Waals surface area contributed by atoms with Gasteiger partial charge in [0.05, 0.1) is 6.10 Å². The van der Waals surface area contributed by atoms with E-state index in [4.69, 9.17) is 0 Å². The highest BCUT2D eigenvalue weighted by Gasteiger charge is 2.58. The number of carbonyl (C=O) groups excluding carboxylic acids is 1. The van der Waals surface area contributed by atoms with Crippen LogP contribution in [0.3, 0.4) is 0 Å². The Balaban J connectivity index is 2.05. The quantitative estimate of drug-likeness (QED) is 0.734. The molecule has 3 aliphatic carbocycles. The van der Waals surface area contributed by atoms with Gasteiger partial charge in [0.2, 0.25) is 0 Å². The first-order chi connectivity index (χ1) is 10.1. The first-order valence-corrected chi connectivity index (χ1v) is 8.72. The average Bonchev–Trinajstić information content (AvgIpc) is 2.47. The van der Waals surface area contributed by atoms with Crippen molar-refractivity contribution in [3.8, 4) is 0 Å². The van der Waals surface area contributed by atoms with Crippen LogP contribution in [0, 0.1) is 28.1 Å². The molecule has 2 nitrogen and oxygen atoms in total. The molecule has 0 radical (unpaired) electrons. The van der Waals surface area contributed by atoms with Gasteiger partial charge in [-0.2, -0.15) is 0 Å². The van der Waals surface area contributed by atoms with Crippen LogP contribution in [0.5, 0.6) is 0 Å². The number of aliphatic hydroxyl groups is 1. The van der Waals surface area contributed by atoms with Crippen LogP contribution in [0.1, 0.15) is 59.8 Å². The van der Waals surface area contributed by atoms with Crippen LogP contribution in [0.2, 0.25) is 0 Å². The SMILES string of the molecule is C=C[C@]1(C)C=C2C(=O)C[C@@H]3C(C)(C)[C@H](O)CC[C@@]3(C)[C@@H]2CC1. The minimum Gasteiger partial charge on any atom is -0.393 e. The van der Waals surface area contributed by atoms with E-state index in [2.05, 4.69) is 40.3 Å². The van der Waals surface area contributed by atoms with Crippen molar-refractivity contribution in [3.63, 3.8) is 0 Å².